The quantitative estimate of drug-likeness (QED) is 0.928. The molecule has 0 saturated carbocycles. The van der Waals surface area contributed by atoms with E-state index < -0.39 is 10.0 Å². The molecular weight excluding hydrogens is 296 g/mol. The number of benzene rings is 1. The van der Waals surface area contributed by atoms with Crippen molar-refractivity contribution < 1.29 is 8.42 Å². The monoisotopic (exact) mass is 316 g/mol. The van der Waals surface area contributed by atoms with Crippen molar-refractivity contribution in [1.82, 2.24) is 4.31 Å². The van der Waals surface area contributed by atoms with Crippen molar-refractivity contribution in [3.63, 3.8) is 0 Å². The summed E-state index contributed by atoms with van der Waals surface area (Å²) in [6, 6.07) is 4.79. The van der Waals surface area contributed by atoms with E-state index in [0.717, 1.165) is 24.8 Å². The lowest BCUT2D eigenvalue weighted by Crippen LogP contribution is -2.38. The van der Waals surface area contributed by atoms with Gasteiger partial charge < -0.3 is 5.73 Å². The van der Waals surface area contributed by atoms with E-state index in [1.165, 1.54) is 6.07 Å². The lowest BCUT2D eigenvalue weighted by Gasteiger charge is -2.30. The Morgan fingerprint density at radius 3 is 2.50 bits per heavy atom. The number of nitrogens with zero attached hydrogens (tertiary/aromatic N) is 1. The minimum atomic E-state index is -3.43. The summed E-state index contributed by atoms with van der Waals surface area (Å²) in [6.45, 7) is 3.65. The Kier molecular flexibility index (Phi) is 5.07. The van der Waals surface area contributed by atoms with Crippen LogP contribution in [0.2, 0.25) is 5.02 Å². The summed E-state index contributed by atoms with van der Waals surface area (Å²) < 4.78 is 26.7. The molecule has 0 spiro atoms. The Hall–Kier alpha value is -0.620. The third kappa shape index (κ3) is 3.17. The van der Waals surface area contributed by atoms with Crippen molar-refractivity contribution in [2.45, 2.75) is 37.6 Å². The number of hydrogen-bond donors (Lipinski definition) is 1. The number of rotatable bonds is 4. The summed E-state index contributed by atoms with van der Waals surface area (Å²) in [5.74, 6) is 0.643. The molecule has 2 rings (SSSR count). The fourth-order valence-corrected chi connectivity index (χ4v) is 4.38. The van der Waals surface area contributed by atoms with Gasteiger partial charge in [-0.2, -0.15) is 4.31 Å². The molecule has 1 aromatic carbocycles. The van der Waals surface area contributed by atoms with Gasteiger partial charge in [0.15, 0.2) is 0 Å². The van der Waals surface area contributed by atoms with Gasteiger partial charge in [0.1, 0.15) is 0 Å². The van der Waals surface area contributed by atoms with Crippen LogP contribution in [0.1, 0.15) is 31.7 Å². The van der Waals surface area contributed by atoms with Crippen LogP contribution >= 0.6 is 11.6 Å². The summed E-state index contributed by atoms with van der Waals surface area (Å²) in [4.78, 5) is 0.259. The number of hydrogen-bond acceptors (Lipinski definition) is 3. The predicted molar refractivity (Wildman–Crippen MR) is 81.1 cm³/mol. The second-order valence-electron chi connectivity index (χ2n) is 5.21. The van der Waals surface area contributed by atoms with E-state index in [0.29, 0.717) is 30.6 Å². The number of sulfonamides is 1. The maximum atomic E-state index is 12.6. The van der Waals surface area contributed by atoms with E-state index in [2.05, 4.69) is 6.92 Å². The van der Waals surface area contributed by atoms with Crippen LogP contribution in [0.25, 0.3) is 0 Å². The van der Waals surface area contributed by atoms with Crippen molar-refractivity contribution in [3.8, 4) is 0 Å². The molecule has 0 atom stereocenters. The largest absolute Gasteiger partial charge is 0.326 e. The lowest BCUT2D eigenvalue weighted by atomic mass is 9.96. The Labute approximate surface area is 126 Å². The average Bonchev–Trinajstić information content (AvgIpc) is 2.47. The molecule has 0 aliphatic carbocycles. The molecule has 1 aliphatic rings. The van der Waals surface area contributed by atoms with Crippen molar-refractivity contribution in [1.29, 1.82) is 0 Å². The topological polar surface area (TPSA) is 63.4 Å². The van der Waals surface area contributed by atoms with Crippen LogP contribution in [0.15, 0.2) is 23.1 Å². The third-order valence-electron chi connectivity index (χ3n) is 4.03. The van der Waals surface area contributed by atoms with Gasteiger partial charge in [0.25, 0.3) is 0 Å². The summed E-state index contributed by atoms with van der Waals surface area (Å²) in [6.07, 6.45) is 2.99. The Morgan fingerprint density at radius 2 is 2.00 bits per heavy atom. The zero-order valence-electron chi connectivity index (χ0n) is 11.7. The molecular formula is C14H21ClN2O2S. The molecule has 1 heterocycles. The number of halogens is 1. The van der Waals surface area contributed by atoms with Gasteiger partial charge in [-0.3, -0.25) is 0 Å². The Morgan fingerprint density at radius 1 is 1.35 bits per heavy atom. The first-order valence-corrected chi connectivity index (χ1v) is 8.79. The second kappa shape index (κ2) is 6.43. The molecule has 20 heavy (non-hydrogen) atoms. The maximum Gasteiger partial charge on any atom is 0.243 e. The Balaban J connectivity index is 2.20. The minimum Gasteiger partial charge on any atom is -0.326 e. The van der Waals surface area contributed by atoms with E-state index in [-0.39, 0.29) is 4.90 Å². The highest BCUT2D eigenvalue weighted by molar-refractivity contribution is 7.89. The van der Waals surface area contributed by atoms with Crippen LogP contribution < -0.4 is 5.73 Å². The number of piperidine rings is 1. The zero-order valence-corrected chi connectivity index (χ0v) is 13.3. The molecule has 1 aromatic rings. The van der Waals surface area contributed by atoms with Gasteiger partial charge in [-0.1, -0.05) is 31.0 Å². The zero-order chi connectivity index (χ0) is 14.8. The van der Waals surface area contributed by atoms with Crippen LogP contribution in [-0.4, -0.2) is 25.8 Å². The maximum absolute atomic E-state index is 12.6. The van der Waals surface area contributed by atoms with Crippen LogP contribution in [0.5, 0.6) is 0 Å². The van der Waals surface area contributed by atoms with Gasteiger partial charge in [0.2, 0.25) is 10.0 Å². The second-order valence-corrected chi connectivity index (χ2v) is 7.56. The SMILES string of the molecule is CCC1CCN(S(=O)(=O)c2ccc(CN)c(Cl)c2)CC1. The highest BCUT2D eigenvalue weighted by Crippen LogP contribution is 2.27. The van der Waals surface area contributed by atoms with E-state index in [1.54, 1.807) is 16.4 Å². The van der Waals surface area contributed by atoms with Crippen LogP contribution in [-0.2, 0) is 16.6 Å². The summed E-state index contributed by atoms with van der Waals surface area (Å²) in [5, 5.41) is 0.414. The molecule has 1 aliphatic heterocycles. The van der Waals surface area contributed by atoms with Crippen molar-refractivity contribution in [2.24, 2.45) is 11.7 Å². The molecule has 0 radical (unpaired) electrons. The minimum absolute atomic E-state index is 0.259. The first kappa shape index (κ1) is 15.8. The van der Waals surface area contributed by atoms with E-state index in [4.69, 9.17) is 17.3 Å². The summed E-state index contributed by atoms with van der Waals surface area (Å²) in [5.41, 5.74) is 6.30. The first-order chi connectivity index (χ1) is 9.48. The van der Waals surface area contributed by atoms with Gasteiger partial charge in [-0.25, -0.2) is 8.42 Å². The van der Waals surface area contributed by atoms with E-state index >= 15 is 0 Å². The van der Waals surface area contributed by atoms with Crippen LogP contribution in [0.4, 0.5) is 0 Å². The van der Waals surface area contributed by atoms with Gasteiger partial charge in [0, 0.05) is 24.7 Å². The van der Waals surface area contributed by atoms with E-state index in [1.807, 2.05) is 0 Å². The van der Waals surface area contributed by atoms with Gasteiger partial charge in [0.05, 0.1) is 4.90 Å². The van der Waals surface area contributed by atoms with Gasteiger partial charge >= 0.3 is 0 Å². The van der Waals surface area contributed by atoms with Gasteiger partial charge in [-0.05, 0) is 36.5 Å². The standard InChI is InChI=1S/C14H21ClN2O2S/c1-2-11-5-7-17(8-6-11)20(18,19)13-4-3-12(10-16)14(15)9-13/h3-4,9,11H,2,5-8,10,16H2,1H3. The third-order valence-corrected chi connectivity index (χ3v) is 6.28. The highest BCUT2D eigenvalue weighted by atomic mass is 35.5. The molecule has 0 bridgehead atoms. The highest BCUT2D eigenvalue weighted by Gasteiger charge is 2.29. The molecule has 1 fully saturated rings. The predicted octanol–water partition coefficient (Wildman–Crippen LogP) is 2.61. The molecule has 2 N–H and O–H groups in total. The molecule has 0 amide bonds. The smallest absolute Gasteiger partial charge is 0.243 e. The Bertz CT molecular complexity index is 567. The molecule has 1 saturated heterocycles. The van der Waals surface area contributed by atoms with E-state index in [9.17, 15) is 8.42 Å². The molecule has 112 valence electrons. The summed E-state index contributed by atoms with van der Waals surface area (Å²) >= 11 is 6.06. The molecule has 0 aromatic heterocycles. The fourth-order valence-electron chi connectivity index (χ4n) is 2.56. The van der Waals surface area contributed by atoms with Crippen molar-refractivity contribution in [2.75, 3.05) is 13.1 Å². The lowest BCUT2D eigenvalue weighted by molar-refractivity contribution is 0.269. The fraction of sp³-hybridized carbons (Fsp3) is 0.571. The normalized spacial score (nSPS) is 18.4. The average molecular weight is 317 g/mol. The van der Waals surface area contributed by atoms with Gasteiger partial charge in [-0.15, -0.1) is 0 Å². The van der Waals surface area contributed by atoms with Crippen molar-refractivity contribution >= 4 is 21.6 Å². The van der Waals surface area contributed by atoms with Crippen molar-refractivity contribution in [3.05, 3.63) is 28.8 Å². The number of nitrogens with two attached hydrogens (primary N) is 1. The first-order valence-electron chi connectivity index (χ1n) is 6.97. The molecule has 4 nitrogen and oxygen atoms in total. The molecule has 6 heteroatoms. The molecule has 0 unspecified atom stereocenters. The van der Waals surface area contributed by atoms with Crippen LogP contribution in [0.3, 0.4) is 0 Å². The van der Waals surface area contributed by atoms with Crippen LogP contribution in [0, 0.1) is 5.92 Å². The summed E-state index contributed by atoms with van der Waals surface area (Å²) in [7, 11) is -3.43.